The molecule has 1 aromatic rings. The van der Waals surface area contributed by atoms with E-state index in [9.17, 15) is 23.1 Å². The summed E-state index contributed by atoms with van der Waals surface area (Å²) in [6.45, 7) is 0.636. The van der Waals surface area contributed by atoms with Crippen LogP contribution in [0, 0.1) is 0 Å². The summed E-state index contributed by atoms with van der Waals surface area (Å²) >= 11 is 6.03. The summed E-state index contributed by atoms with van der Waals surface area (Å²) in [4.78, 5) is 27.6. The van der Waals surface area contributed by atoms with Gasteiger partial charge in [0.25, 0.3) is 0 Å². The van der Waals surface area contributed by atoms with Crippen LogP contribution in [0.1, 0.15) is 19.3 Å². The largest absolute Gasteiger partial charge is 0.480 e. The number of likely N-dealkylation sites (N-methyl/N-ethyl adjacent to an activating group) is 1. The summed E-state index contributed by atoms with van der Waals surface area (Å²) in [6.07, 6.45) is 1.38. The van der Waals surface area contributed by atoms with E-state index in [1.807, 2.05) is 11.9 Å². The number of hydrogen-bond acceptors (Lipinski definition) is 5. The topological polar surface area (TPSA) is 95.0 Å². The van der Waals surface area contributed by atoms with Crippen molar-refractivity contribution in [2.45, 2.75) is 41.5 Å². The molecule has 0 aliphatic carbocycles. The zero-order valence-corrected chi connectivity index (χ0v) is 15.9. The first kappa shape index (κ1) is 19.1. The molecule has 3 atom stereocenters. The van der Waals surface area contributed by atoms with Crippen LogP contribution in [0.5, 0.6) is 0 Å². The predicted molar refractivity (Wildman–Crippen MR) is 95.8 cm³/mol. The molecule has 7 nitrogen and oxygen atoms in total. The van der Waals surface area contributed by atoms with E-state index in [0.29, 0.717) is 6.42 Å². The molecule has 2 saturated heterocycles. The Kier molecular flexibility index (Phi) is 5.28. The molecule has 9 heteroatoms. The molecule has 26 heavy (non-hydrogen) atoms. The van der Waals surface area contributed by atoms with Crippen molar-refractivity contribution in [3.05, 3.63) is 29.3 Å². The van der Waals surface area contributed by atoms with Gasteiger partial charge in [-0.2, -0.15) is 0 Å². The van der Waals surface area contributed by atoms with E-state index in [-0.39, 0.29) is 28.8 Å². The molecule has 0 saturated carbocycles. The Morgan fingerprint density at radius 3 is 2.50 bits per heavy atom. The number of benzene rings is 1. The minimum Gasteiger partial charge on any atom is -0.480 e. The fourth-order valence-corrected chi connectivity index (χ4v) is 5.99. The second-order valence-corrected chi connectivity index (χ2v) is 9.42. The summed E-state index contributed by atoms with van der Waals surface area (Å²) in [5, 5.41) is 8.63. The van der Waals surface area contributed by atoms with Crippen molar-refractivity contribution in [3.8, 4) is 0 Å². The fourth-order valence-electron chi connectivity index (χ4n) is 3.77. The highest BCUT2D eigenvalue weighted by Crippen LogP contribution is 2.33. The number of rotatable bonds is 4. The molecule has 1 N–H and O–H groups in total. The maximum absolute atomic E-state index is 13.0. The molecule has 0 bridgehead atoms. The quantitative estimate of drug-likeness (QED) is 0.817. The van der Waals surface area contributed by atoms with Gasteiger partial charge in [-0.15, -0.1) is 0 Å². The third-order valence-corrected chi connectivity index (χ3v) is 7.85. The lowest BCUT2D eigenvalue weighted by atomic mass is 10.1. The number of amides is 1. The molecule has 0 radical (unpaired) electrons. The average Bonchev–Trinajstić information content (AvgIpc) is 3.21. The van der Waals surface area contributed by atoms with Gasteiger partial charge in [0, 0.05) is 6.54 Å². The summed E-state index contributed by atoms with van der Waals surface area (Å²) in [6, 6.07) is 4.55. The highest BCUT2D eigenvalue weighted by atomic mass is 35.5. The number of carbonyl (C=O) groups is 2. The second kappa shape index (κ2) is 7.17. The number of carbonyl (C=O) groups excluding carboxylic acids is 1. The smallest absolute Gasteiger partial charge is 0.326 e. The van der Waals surface area contributed by atoms with Gasteiger partial charge >= 0.3 is 5.97 Å². The third-order valence-electron chi connectivity index (χ3n) is 5.22. The average molecular weight is 401 g/mol. The summed E-state index contributed by atoms with van der Waals surface area (Å²) in [7, 11) is -2.02. The molecule has 2 heterocycles. The molecule has 3 rings (SSSR count). The van der Waals surface area contributed by atoms with Gasteiger partial charge in [-0.25, -0.2) is 13.2 Å². The zero-order valence-electron chi connectivity index (χ0n) is 14.3. The molecule has 1 aromatic carbocycles. The zero-order chi connectivity index (χ0) is 19.1. The van der Waals surface area contributed by atoms with E-state index >= 15 is 0 Å². The van der Waals surface area contributed by atoms with E-state index in [1.54, 1.807) is 12.1 Å². The monoisotopic (exact) mass is 400 g/mol. The van der Waals surface area contributed by atoms with Gasteiger partial charge in [-0.1, -0.05) is 23.7 Å². The van der Waals surface area contributed by atoms with Crippen molar-refractivity contribution in [1.82, 2.24) is 9.80 Å². The van der Waals surface area contributed by atoms with Crippen molar-refractivity contribution in [1.29, 1.82) is 0 Å². The van der Waals surface area contributed by atoms with E-state index in [0.717, 1.165) is 13.0 Å². The Morgan fingerprint density at radius 1 is 1.23 bits per heavy atom. The number of carboxylic acid groups (broad SMARTS) is 1. The number of hydrogen-bond donors (Lipinski definition) is 1. The van der Waals surface area contributed by atoms with Gasteiger partial charge in [-0.05, 0) is 45.0 Å². The van der Waals surface area contributed by atoms with Crippen LogP contribution < -0.4 is 0 Å². The Labute approximate surface area is 157 Å². The van der Waals surface area contributed by atoms with Crippen molar-refractivity contribution in [3.63, 3.8) is 0 Å². The van der Waals surface area contributed by atoms with Gasteiger partial charge in [0.1, 0.15) is 6.04 Å². The number of aliphatic carboxylic acids is 1. The molecule has 2 fully saturated rings. The standard InChI is InChI=1S/C17H21ClN2O5S/c1-19-8-4-6-13(19)16(21)20-10-11(9-14(20)17(22)23)26(24,25)15-7-3-2-5-12(15)18/h2-3,5,7,11,13-14H,4,6,8-10H2,1H3,(H,22,23)/t11?,13-,14?/m0/s1. The van der Waals surface area contributed by atoms with E-state index in [2.05, 4.69) is 0 Å². The van der Waals surface area contributed by atoms with Crippen LogP contribution in [0.4, 0.5) is 0 Å². The lowest BCUT2D eigenvalue weighted by molar-refractivity contribution is -0.149. The Bertz CT molecular complexity index is 828. The van der Waals surface area contributed by atoms with Crippen LogP contribution in [0.25, 0.3) is 0 Å². The molecule has 2 aliphatic heterocycles. The SMILES string of the molecule is CN1CCC[C@H]1C(=O)N1CC(S(=O)(=O)c2ccccc2Cl)CC1C(=O)O. The van der Waals surface area contributed by atoms with Crippen LogP contribution in [0.2, 0.25) is 5.02 Å². The molecule has 2 aliphatic rings. The Balaban J connectivity index is 1.89. The Morgan fingerprint density at radius 2 is 1.92 bits per heavy atom. The Hall–Kier alpha value is -1.64. The molecule has 142 valence electrons. The third kappa shape index (κ3) is 3.33. The van der Waals surface area contributed by atoms with Crippen molar-refractivity contribution < 1.29 is 23.1 Å². The first-order chi connectivity index (χ1) is 12.2. The van der Waals surface area contributed by atoms with Crippen molar-refractivity contribution >= 4 is 33.3 Å². The van der Waals surface area contributed by atoms with Gasteiger partial charge in [0.2, 0.25) is 5.91 Å². The second-order valence-electron chi connectivity index (χ2n) is 6.82. The first-order valence-electron chi connectivity index (χ1n) is 8.45. The van der Waals surface area contributed by atoms with Crippen molar-refractivity contribution in [2.75, 3.05) is 20.1 Å². The normalized spacial score (nSPS) is 27.0. The van der Waals surface area contributed by atoms with Gasteiger partial charge in [0.05, 0.1) is 21.2 Å². The van der Waals surface area contributed by atoms with E-state index in [1.165, 1.54) is 17.0 Å². The highest BCUT2D eigenvalue weighted by Gasteiger charge is 2.47. The van der Waals surface area contributed by atoms with Crippen LogP contribution in [-0.2, 0) is 19.4 Å². The van der Waals surface area contributed by atoms with Crippen LogP contribution >= 0.6 is 11.6 Å². The van der Waals surface area contributed by atoms with E-state index in [4.69, 9.17) is 11.6 Å². The van der Waals surface area contributed by atoms with Crippen LogP contribution in [-0.4, -0.2) is 72.7 Å². The maximum Gasteiger partial charge on any atom is 0.326 e. The summed E-state index contributed by atoms with van der Waals surface area (Å²) in [5.74, 6) is -1.50. The first-order valence-corrected chi connectivity index (χ1v) is 10.4. The summed E-state index contributed by atoms with van der Waals surface area (Å²) in [5.41, 5.74) is 0. The van der Waals surface area contributed by atoms with Gasteiger partial charge in [-0.3, -0.25) is 9.69 Å². The predicted octanol–water partition coefficient (Wildman–Crippen LogP) is 1.26. The van der Waals surface area contributed by atoms with Gasteiger partial charge < -0.3 is 10.0 Å². The number of halogens is 1. The van der Waals surface area contributed by atoms with Crippen LogP contribution in [0.15, 0.2) is 29.2 Å². The van der Waals surface area contributed by atoms with Gasteiger partial charge in [0.15, 0.2) is 9.84 Å². The minimum absolute atomic E-state index is 0.0249. The summed E-state index contributed by atoms with van der Waals surface area (Å²) < 4.78 is 25.9. The van der Waals surface area contributed by atoms with Crippen molar-refractivity contribution in [2.24, 2.45) is 0 Å². The lowest BCUT2D eigenvalue weighted by Crippen LogP contribution is -2.49. The number of likely N-dealkylation sites (tertiary alicyclic amines) is 2. The molecular weight excluding hydrogens is 380 g/mol. The van der Waals surface area contributed by atoms with E-state index < -0.39 is 33.1 Å². The minimum atomic E-state index is -3.84. The highest BCUT2D eigenvalue weighted by molar-refractivity contribution is 7.92. The maximum atomic E-state index is 13.0. The molecular formula is C17H21ClN2O5S. The number of sulfone groups is 1. The molecule has 2 unspecified atom stereocenters. The molecule has 0 spiro atoms. The number of nitrogens with zero attached hydrogens (tertiary/aromatic N) is 2. The molecule has 0 aromatic heterocycles. The van der Waals surface area contributed by atoms with Crippen LogP contribution in [0.3, 0.4) is 0 Å². The lowest BCUT2D eigenvalue weighted by Gasteiger charge is -2.27. The molecule has 1 amide bonds. The number of carboxylic acids is 1. The fraction of sp³-hybridized carbons (Fsp3) is 0.529.